The van der Waals surface area contributed by atoms with Crippen molar-refractivity contribution in [2.24, 2.45) is 0 Å². The molecule has 0 saturated heterocycles. The Hall–Kier alpha value is -0.950. The van der Waals surface area contributed by atoms with E-state index in [-0.39, 0.29) is 5.02 Å². The fourth-order valence-electron chi connectivity index (χ4n) is 1.28. The van der Waals surface area contributed by atoms with Crippen molar-refractivity contribution in [2.75, 3.05) is 5.32 Å². The first-order chi connectivity index (χ1) is 8.16. The predicted molar refractivity (Wildman–Crippen MR) is 73.5 cm³/mol. The van der Waals surface area contributed by atoms with Crippen LogP contribution in [-0.4, -0.2) is 9.97 Å². The molecular formula is C11H8ClFIN3. The van der Waals surface area contributed by atoms with Crippen molar-refractivity contribution in [1.29, 1.82) is 0 Å². The molecule has 0 atom stereocenters. The van der Waals surface area contributed by atoms with Gasteiger partial charge in [-0.1, -0.05) is 17.7 Å². The summed E-state index contributed by atoms with van der Waals surface area (Å²) in [5, 5.41) is 3.26. The van der Waals surface area contributed by atoms with Gasteiger partial charge in [0.15, 0.2) is 0 Å². The number of halogens is 3. The average molecular weight is 364 g/mol. The molecule has 0 aliphatic rings. The van der Waals surface area contributed by atoms with Gasteiger partial charge in [-0.15, -0.1) is 0 Å². The Morgan fingerprint density at radius 2 is 2.24 bits per heavy atom. The van der Waals surface area contributed by atoms with Gasteiger partial charge in [0, 0.05) is 12.7 Å². The van der Waals surface area contributed by atoms with Crippen molar-refractivity contribution in [2.45, 2.75) is 6.54 Å². The highest BCUT2D eigenvalue weighted by Gasteiger charge is 2.03. The van der Waals surface area contributed by atoms with E-state index >= 15 is 0 Å². The molecule has 2 aromatic rings. The summed E-state index contributed by atoms with van der Waals surface area (Å²) >= 11 is 7.84. The number of anilines is 1. The second-order valence-corrected chi connectivity index (χ2v) is 4.89. The topological polar surface area (TPSA) is 37.8 Å². The van der Waals surface area contributed by atoms with Gasteiger partial charge in [-0.2, -0.15) is 0 Å². The van der Waals surface area contributed by atoms with Crippen LogP contribution >= 0.6 is 34.2 Å². The number of hydrogen-bond donors (Lipinski definition) is 1. The van der Waals surface area contributed by atoms with Crippen LogP contribution in [0.3, 0.4) is 0 Å². The molecule has 0 aliphatic heterocycles. The van der Waals surface area contributed by atoms with Crippen LogP contribution in [0.1, 0.15) is 5.56 Å². The van der Waals surface area contributed by atoms with E-state index in [2.05, 4.69) is 37.9 Å². The third-order valence-electron chi connectivity index (χ3n) is 2.11. The standard InChI is InChI=1S/C11H8ClFIN3/c12-8-3-7(1-2-9(8)13)4-16-11-10(14)5-15-6-17-11/h1-3,5-6H,4H2,(H,15,16,17). The maximum absolute atomic E-state index is 13.0. The van der Waals surface area contributed by atoms with Crippen molar-refractivity contribution < 1.29 is 4.39 Å². The van der Waals surface area contributed by atoms with Crippen molar-refractivity contribution in [3.8, 4) is 0 Å². The third kappa shape index (κ3) is 3.26. The maximum Gasteiger partial charge on any atom is 0.143 e. The molecular weight excluding hydrogens is 355 g/mol. The summed E-state index contributed by atoms with van der Waals surface area (Å²) < 4.78 is 13.9. The predicted octanol–water partition coefficient (Wildman–Crippen LogP) is 3.49. The van der Waals surface area contributed by atoms with Gasteiger partial charge in [0.2, 0.25) is 0 Å². The van der Waals surface area contributed by atoms with E-state index in [1.807, 2.05) is 0 Å². The maximum atomic E-state index is 13.0. The lowest BCUT2D eigenvalue weighted by molar-refractivity contribution is 0.627. The van der Waals surface area contributed by atoms with Gasteiger partial charge >= 0.3 is 0 Å². The minimum atomic E-state index is -0.410. The van der Waals surface area contributed by atoms with Crippen molar-refractivity contribution in [3.63, 3.8) is 0 Å². The van der Waals surface area contributed by atoms with Gasteiger partial charge < -0.3 is 5.32 Å². The van der Waals surface area contributed by atoms with Gasteiger partial charge in [0.25, 0.3) is 0 Å². The smallest absolute Gasteiger partial charge is 0.143 e. The Morgan fingerprint density at radius 3 is 2.94 bits per heavy atom. The van der Waals surface area contributed by atoms with Crippen molar-refractivity contribution in [1.82, 2.24) is 9.97 Å². The molecule has 6 heteroatoms. The Balaban J connectivity index is 2.08. The van der Waals surface area contributed by atoms with Crippen LogP contribution in [0, 0.1) is 9.39 Å². The molecule has 1 N–H and O–H groups in total. The molecule has 1 aromatic carbocycles. The molecule has 17 heavy (non-hydrogen) atoms. The molecule has 88 valence electrons. The van der Waals surface area contributed by atoms with E-state index in [0.717, 1.165) is 15.0 Å². The molecule has 2 rings (SSSR count). The van der Waals surface area contributed by atoms with E-state index in [1.165, 1.54) is 12.4 Å². The molecule has 0 radical (unpaired) electrons. The Morgan fingerprint density at radius 1 is 1.41 bits per heavy atom. The number of rotatable bonds is 3. The molecule has 1 aromatic heterocycles. The van der Waals surface area contributed by atoms with Crippen LogP contribution in [0.2, 0.25) is 5.02 Å². The van der Waals surface area contributed by atoms with Gasteiger partial charge in [0.05, 0.1) is 8.59 Å². The lowest BCUT2D eigenvalue weighted by Crippen LogP contribution is -2.03. The summed E-state index contributed by atoms with van der Waals surface area (Å²) in [6.07, 6.45) is 3.19. The molecule has 0 amide bonds. The fourth-order valence-corrected chi connectivity index (χ4v) is 1.97. The molecule has 0 saturated carbocycles. The Kier molecular flexibility index (Phi) is 4.11. The highest BCUT2D eigenvalue weighted by molar-refractivity contribution is 14.1. The Bertz CT molecular complexity index is 536. The molecule has 0 bridgehead atoms. The minimum Gasteiger partial charge on any atom is -0.365 e. The van der Waals surface area contributed by atoms with Crippen LogP contribution in [-0.2, 0) is 6.54 Å². The molecule has 0 unspecified atom stereocenters. The first kappa shape index (κ1) is 12.5. The first-order valence-electron chi connectivity index (χ1n) is 4.80. The lowest BCUT2D eigenvalue weighted by Gasteiger charge is -2.07. The third-order valence-corrected chi connectivity index (χ3v) is 3.19. The first-order valence-corrected chi connectivity index (χ1v) is 6.26. The van der Waals surface area contributed by atoms with Crippen LogP contribution < -0.4 is 5.32 Å². The minimum absolute atomic E-state index is 0.127. The summed E-state index contributed by atoms with van der Waals surface area (Å²) in [5.74, 6) is 0.341. The van der Waals surface area contributed by atoms with Gasteiger partial charge in [0.1, 0.15) is 18.0 Å². The number of nitrogens with one attached hydrogen (secondary N) is 1. The van der Waals surface area contributed by atoms with Crippen LogP contribution in [0.4, 0.5) is 10.2 Å². The monoisotopic (exact) mass is 363 g/mol. The quantitative estimate of drug-likeness (QED) is 0.849. The summed E-state index contributed by atoms with van der Waals surface area (Å²) in [6.45, 7) is 0.535. The second kappa shape index (κ2) is 5.59. The zero-order valence-electron chi connectivity index (χ0n) is 8.62. The second-order valence-electron chi connectivity index (χ2n) is 3.32. The van der Waals surface area contributed by atoms with E-state index in [1.54, 1.807) is 18.3 Å². The molecule has 0 aliphatic carbocycles. The lowest BCUT2D eigenvalue weighted by atomic mass is 10.2. The summed E-state index contributed by atoms with van der Waals surface area (Å²) in [4.78, 5) is 7.99. The SMILES string of the molecule is Fc1ccc(CNc2ncncc2I)cc1Cl. The summed E-state index contributed by atoms with van der Waals surface area (Å²) in [7, 11) is 0. The highest BCUT2D eigenvalue weighted by atomic mass is 127. The fraction of sp³-hybridized carbons (Fsp3) is 0.0909. The van der Waals surface area contributed by atoms with Crippen molar-refractivity contribution in [3.05, 3.63) is 50.7 Å². The van der Waals surface area contributed by atoms with E-state index in [4.69, 9.17) is 11.6 Å². The largest absolute Gasteiger partial charge is 0.365 e. The van der Waals surface area contributed by atoms with E-state index < -0.39 is 5.82 Å². The zero-order valence-corrected chi connectivity index (χ0v) is 11.5. The Labute approximate surface area is 117 Å². The summed E-state index contributed by atoms with van der Waals surface area (Å²) in [5.41, 5.74) is 0.894. The number of nitrogens with zero attached hydrogens (tertiary/aromatic N) is 2. The highest BCUT2D eigenvalue weighted by Crippen LogP contribution is 2.18. The van der Waals surface area contributed by atoms with E-state index in [0.29, 0.717) is 6.54 Å². The molecule has 3 nitrogen and oxygen atoms in total. The van der Waals surface area contributed by atoms with Gasteiger partial charge in [-0.3, -0.25) is 0 Å². The molecule has 1 heterocycles. The summed E-state index contributed by atoms with van der Waals surface area (Å²) in [6, 6.07) is 4.63. The number of benzene rings is 1. The van der Waals surface area contributed by atoms with Crippen LogP contribution in [0.25, 0.3) is 0 Å². The normalized spacial score (nSPS) is 10.3. The average Bonchev–Trinajstić information content (AvgIpc) is 2.32. The molecule has 0 fully saturated rings. The van der Waals surface area contributed by atoms with Crippen molar-refractivity contribution >= 4 is 40.0 Å². The van der Waals surface area contributed by atoms with Gasteiger partial charge in [-0.25, -0.2) is 14.4 Å². The van der Waals surface area contributed by atoms with Crippen LogP contribution in [0.15, 0.2) is 30.7 Å². The van der Waals surface area contributed by atoms with E-state index in [9.17, 15) is 4.39 Å². The number of hydrogen-bond acceptors (Lipinski definition) is 3. The zero-order chi connectivity index (χ0) is 12.3. The van der Waals surface area contributed by atoms with Crippen LogP contribution in [0.5, 0.6) is 0 Å². The van der Waals surface area contributed by atoms with Gasteiger partial charge in [-0.05, 0) is 40.3 Å². The molecule has 0 spiro atoms. The number of aromatic nitrogens is 2.